The molecule has 1 amide bonds. The Bertz CT molecular complexity index is 597. The molecule has 8 heteroatoms. The number of carbonyl (C=O) groups excluding carboxylic acids is 1. The first-order chi connectivity index (χ1) is 10.9. The van der Waals surface area contributed by atoms with Gasteiger partial charge in [-0.1, -0.05) is 0 Å². The molecule has 23 heavy (non-hydrogen) atoms. The standard InChI is InChI=1S/C15H17BrFNO5/c1-9(23-13-3-2-10(17)6-12(13)16)15(21)18-4-5-22-11(8-18)7-14(19)20/h2-3,6,9,11H,4-5,7-8H2,1H3,(H,19,20)/t9-,11+/m0/s1. The Morgan fingerprint density at radius 3 is 2.96 bits per heavy atom. The van der Waals surface area contributed by atoms with E-state index in [9.17, 15) is 14.0 Å². The van der Waals surface area contributed by atoms with Crippen molar-refractivity contribution in [1.29, 1.82) is 0 Å². The number of carboxylic acid groups (broad SMARTS) is 1. The van der Waals surface area contributed by atoms with Crippen LogP contribution < -0.4 is 4.74 Å². The highest BCUT2D eigenvalue weighted by atomic mass is 79.9. The van der Waals surface area contributed by atoms with Crippen LogP contribution in [0.15, 0.2) is 22.7 Å². The lowest BCUT2D eigenvalue weighted by Crippen LogP contribution is -2.50. The van der Waals surface area contributed by atoms with Crippen LogP contribution in [0.1, 0.15) is 13.3 Å². The summed E-state index contributed by atoms with van der Waals surface area (Å²) in [6.45, 7) is 2.48. The van der Waals surface area contributed by atoms with Crippen LogP contribution in [0.3, 0.4) is 0 Å². The molecule has 1 aliphatic rings. The minimum Gasteiger partial charge on any atom is -0.481 e. The zero-order valence-corrected chi connectivity index (χ0v) is 14.1. The molecule has 1 saturated heterocycles. The average molecular weight is 390 g/mol. The maximum Gasteiger partial charge on any atom is 0.306 e. The van der Waals surface area contributed by atoms with Crippen LogP contribution in [0.5, 0.6) is 5.75 Å². The minimum absolute atomic E-state index is 0.150. The van der Waals surface area contributed by atoms with E-state index in [-0.39, 0.29) is 25.5 Å². The van der Waals surface area contributed by atoms with Gasteiger partial charge >= 0.3 is 5.97 Å². The van der Waals surface area contributed by atoms with Crippen molar-refractivity contribution in [3.63, 3.8) is 0 Å². The van der Waals surface area contributed by atoms with Crippen molar-refractivity contribution in [1.82, 2.24) is 4.90 Å². The van der Waals surface area contributed by atoms with E-state index in [1.165, 1.54) is 23.1 Å². The maximum absolute atomic E-state index is 13.1. The van der Waals surface area contributed by atoms with E-state index in [0.717, 1.165) is 0 Å². The third-order valence-electron chi connectivity index (χ3n) is 3.40. The van der Waals surface area contributed by atoms with Crippen molar-refractivity contribution in [2.75, 3.05) is 19.7 Å². The smallest absolute Gasteiger partial charge is 0.306 e. The summed E-state index contributed by atoms with van der Waals surface area (Å²) in [6, 6.07) is 3.94. The van der Waals surface area contributed by atoms with E-state index in [1.807, 2.05) is 0 Å². The highest BCUT2D eigenvalue weighted by molar-refractivity contribution is 9.10. The molecule has 2 atom stereocenters. The molecule has 1 aromatic rings. The zero-order chi connectivity index (χ0) is 17.0. The molecule has 0 radical (unpaired) electrons. The molecule has 0 bridgehead atoms. The van der Waals surface area contributed by atoms with Gasteiger partial charge < -0.3 is 19.5 Å². The second-order valence-corrected chi connectivity index (χ2v) is 6.06. The van der Waals surface area contributed by atoms with E-state index in [4.69, 9.17) is 14.6 Å². The summed E-state index contributed by atoms with van der Waals surface area (Å²) >= 11 is 3.18. The number of carboxylic acids is 1. The van der Waals surface area contributed by atoms with Crippen LogP contribution in [-0.2, 0) is 14.3 Å². The topological polar surface area (TPSA) is 76.1 Å². The van der Waals surface area contributed by atoms with Crippen molar-refractivity contribution in [2.24, 2.45) is 0 Å². The van der Waals surface area contributed by atoms with Crippen LogP contribution in [0.2, 0.25) is 0 Å². The van der Waals surface area contributed by atoms with Crippen molar-refractivity contribution < 1.29 is 28.6 Å². The molecule has 0 aliphatic carbocycles. The van der Waals surface area contributed by atoms with Gasteiger partial charge in [0.25, 0.3) is 5.91 Å². The lowest BCUT2D eigenvalue weighted by Gasteiger charge is -2.33. The molecular weight excluding hydrogens is 373 g/mol. The second kappa shape index (κ2) is 7.74. The third kappa shape index (κ3) is 4.90. The Morgan fingerprint density at radius 1 is 1.57 bits per heavy atom. The predicted octanol–water partition coefficient (Wildman–Crippen LogP) is 2.06. The lowest BCUT2D eigenvalue weighted by molar-refractivity contribution is -0.151. The maximum atomic E-state index is 13.1. The van der Waals surface area contributed by atoms with Gasteiger partial charge in [0.05, 0.1) is 23.6 Å². The van der Waals surface area contributed by atoms with E-state index >= 15 is 0 Å². The minimum atomic E-state index is -0.969. The molecular formula is C15H17BrFNO5. The second-order valence-electron chi connectivity index (χ2n) is 5.21. The molecule has 0 unspecified atom stereocenters. The van der Waals surface area contributed by atoms with Gasteiger partial charge in [0.15, 0.2) is 6.10 Å². The van der Waals surface area contributed by atoms with Gasteiger partial charge in [0.2, 0.25) is 0 Å². The van der Waals surface area contributed by atoms with Gasteiger partial charge in [-0.3, -0.25) is 9.59 Å². The molecule has 6 nitrogen and oxygen atoms in total. The number of hydrogen-bond acceptors (Lipinski definition) is 4. The Labute approximate surface area is 141 Å². The largest absolute Gasteiger partial charge is 0.481 e. The summed E-state index contributed by atoms with van der Waals surface area (Å²) in [6.07, 6.45) is -1.45. The van der Waals surface area contributed by atoms with Crippen molar-refractivity contribution >= 4 is 27.8 Å². The number of rotatable bonds is 5. The third-order valence-corrected chi connectivity index (χ3v) is 4.02. The summed E-state index contributed by atoms with van der Waals surface area (Å²) in [5.74, 6) is -1.28. The number of nitrogens with zero attached hydrogens (tertiary/aromatic N) is 1. The number of amides is 1. The van der Waals surface area contributed by atoms with Gasteiger partial charge in [-0.05, 0) is 41.1 Å². The number of aliphatic carboxylic acids is 1. The van der Waals surface area contributed by atoms with E-state index in [1.54, 1.807) is 6.92 Å². The van der Waals surface area contributed by atoms with E-state index < -0.39 is 24.0 Å². The van der Waals surface area contributed by atoms with Gasteiger partial charge in [0.1, 0.15) is 11.6 Å². The lowest BCUT2D eigenvalue weighted by atomic mass is 10.2. The van der Waals surface area contributed by atoms with E-state index in [2.05, 4.69) is 15.9 Å². The van der Waals surface area contributed by atoms with Crippen LogP contribution in [0.25, 0.3) is 0 Å². The van der Waals surface area contributed by atoms with Crippen molar-refractivity contribution in [3.05, 3.63) is 28.5 Å². The molecule has 0 saturated carbocycles. The molecule has 1 aromatic carbocycles. The predicted molar refractivity (Wildman–Crippen MR) is 82.8 cm³/mol. The summed E-state index contributed by atoms with van der Waals surface area (Å²) in [7, 11) is 0. The molecule has 1 heterocycles. The average Bonchev–Trinajstić information content (AvgIpc) is 2.49. The number of benzene rings is 1. The quantitative estimate of drug-likeness (QED) is 0.833. The van der Waals surface area contributed by atoms with Crippen molar-refractivity contribution in [3.8, 4) is 5.75 Å². The Kier molecular flexibility index (Phi) is 5.95. The normalized spacial score (nSPS) is 19.3. The molecule has 1 N–H and O–H groups in total. The number of morpholine rings is 1. The summed E-state index contributed by atoms with van der Waals surface area (Å²) in [5.41, 5.74) is 0. The van der Waals surface area contributed by atoms with Crippen molar-refractivity contribution in [2.45, 2.75) is 25.6 Å². The van der Waals surface area contributed by atoms with Gasteiger partial charge in [0, 0.05) is 13.1 Å². The molecule has 126 valence electrons. The first-order valence-electron chi connectivity index (χ1n) is 7.10. The number of halogens is 2. The van der Waals surface area contributed by atoms with Crippen LogP contribution in [0.4, 0.5) is 4.39 Å². The van der Waals surface area contributed by atoms with E-state index in [0.29, 0.717) is 16.8 Å². The first-order valence-corrected chi connectivity index (χ1v) is 7.90. The number of ether oxygens (including phenoxy) is 2. The number of carbonyl (C=O) groups is 2. The summed E-state index contributed by atoms with van der Waals surface area (Å²) in [4.78, 5) is 24.7. The molecule has 2 rings (SSSR count). The van der Waals surface area contributed by atoms with Gasteiger partial charge in [-0.15, -0.1) is 0 Å². The zero-order valence-electron chi connectivity index (χ0n) is 12.5. The SMILES string of the molecule is C[C@H](Oc1ccc(F)cc1Br)C(=O)N1CCO[C@H](CC(=O)O)C1. The first kappa shape index (κ1) is 17.7. The highest BCUT2D eigenvalue weighted by Crippen LogP contribution is 2.26. The van der Waals surface area contributed by atoms with Crippen LogP contribution >= 0.6 is 15.9 Å². The van der Waals surface area contributed by atoms with Crippen LogP contribution in [0, 0.1) is 5.82 Å². The summed E-state index contributed by atoms with van der Waals surface area (Å²) in [5, 5.41) is 8.80. The fourth-order valence-corrected chi connectivity index (χ4v) is 2.75. The molecule has 0 spiro atoms. The fourth-order valence-electron chi connectivity index (χ4n) is 2.31. The summed E-state index contributed by atoms with van der Waals surface area (Å²) < 4.78 is 24.4. The Morgan fingerprint density at radius 2 is 2.30 bits per heavy atom. The number of hydrogen-bond donors (Lipinski definition) is 1. The van der Waals surface area contributed by atoms with Crippen LogP contribution in [-0.4, -0.2) is 53.8 Å². The fraction of sp³-hybridized carbons (Fsp3) is 0.467. The van der Waals surface area contributed by atoms with Gasteiger partial charge in [-0.25, -0.2) is 4.39 Å². The Hall–Kier alpha value is -1.67. The monoisotopic (exact) mass is 389 g/mol. The molecule has 1 fully saturated rings. The highest BCUT2D eigenvalue weighted by Gasteiger charge is 2.29. The molecule has 0 aromatic heterocycles. The molecule has 1 aliphatic heterocycles. The van der Waals surface area contributed by atoms with Gasteiger partial charge in [-0.2, -0.15) is 0 Å². The Balaban J connectivity index is 1.97.